The lowest BCUT2D eigenvalue weighted by molar-refractivity contribution is -0.384. The number of aromatic nitrogens is 2. The first kappa shape index (κ1) is 22.2. The van der Waals surface area contributed by atoms with Crippen molar-refractivity contribution in [1.29, 1.82) is 0 Å². The number of nitrogens with one attached hydrogen (secondary N) is 1. The lowest BCUT2D eigenvalue weighted by Crippen LogP contribution is -2.16. The maximum Gasteiger partial charge on any atom is 0.341 e. The third-order valence-corrected chi connectivity index (χ3v) is 5.86. The number of non-ortho nitro benzene ring substituents is 1. The molecule has 0 aliphatic rings. The number of rotatable bonds is 7. The van der Waals surface area contributed by atoms with Crippen molar-refractivity contribution in [2.75, 3.05) is 11.9 Å². The molecule has 0 fully saturated rings. The summed E-state index contributed by atoms with van der Waals surface area (Å²) >= 11 is 1.16. The first-order chi connectivity index (χ1) is 15.9. The Morgan fingerprint density at radius 3 is 2.82 bits per heavy atom. The van der Waals surface area contributed by atoms with Crippen molar-refractivity contribution in [3.8, 4) is 11.1 Å². The molecule has 4 aromatic rings. The van der Waals surface area contributed by atoms with E-state index in [9.17, 15) is 19.7 Å². The number of carbonyl (C=O) groups is 2. The number of hydrogen-bond donors (Lipinski definition) is 1. The summed E-state index contributed by atoms with van der Waals surface area (Å²) in [5.41, 5.74) is 3.38. The summed E-state index contributed by atoms with van der Waals surface area (Å²) in [7, 11) is 0. The minimum Gasteiger partial charge on any atom is -0.462 e. The molecule has 3 heterocycles. The van der Waals surface area contributed by atoms with Crippen molar-refractivity contribution in [2.24, 2.45) is 0 Å². The van der Waals surface area contributed by atoms with Gasteiger partial charge in [0, 0.05) is 35.5 Å². The molecule has 0 saturated heterocycles. The average Bonchev–Trinajstić information content (AvgIpc) is 3.38. The van der Waals surface area contributed by atoms with Crippen LogP contribution in [-0.4, -0.2) is 32.8 Å². The number of hydrogen-bond acceptors (Lipinski definition) is 7. The minimum atomic E-state index is -0.612. The van der Waals surface area contributed by atoms with E-state index in [2.05, 4.69) is 10.3 Å². The minimum absolute atomic E-state index is 0.0213. The lowest BCUT2D eigenvalue weighted by atomic mass is 10.0. The van der Waals surface area contributed by atoms with E-state index in [1.165, 1.54) is 12.1 Å². The van der Waals surface area contributed by atoms with Crippen molar-refractivity contribution >= 4 is 39.5 Å². The molecule has 1 amide bonds. The van der Waals surface area contributed by atoms with Gasteiger partial charge in [0.15, 0.2) is 0 Å². The Morgan fingerprint density at radius 1 is 1.27 bits per heavy atom. The number of fused-ring (bicyclic) bond motifs is 1. The van der Waals surface area contributed by atoms with Crippen molar-refractivity contribution in [3.63, 3.8) is 0 Å². The van der Waals surface area contributed by atoms with Crippen LogP contribution in [0.3, 0.4) is 0 Å². The topological polar surface area (TPSA) is 116 Å². The van der Waals surface area contributed by atoms with Crippen molar-refractivity contribution in [2.45, 2.75) is 20.3 Å². The summed E-state index contributed by atoms with van der Waals surface area (Å²) in [4.78, 5) is 40.7. The van der Waals surface area contributed by atoms with Crippen LogP contribution in [0.4, 0.5) is 10.7 Å². The van der Waals surface area contributed by atoms with Crippen LogP contribution in [0.25, 0.3) is 16.8 Å². The average molecular weight is 465 g/mol. The van der Waals surface area contributed by atoms with Gasteiger partial charge >= 0.3 is 5.97 Å². The molecule has 9 nitrogen and oxygen atoms in total. The Hall–Kier alpha value is -4.05. The molecule has 3 aromatic heterocycles. The van der Waals surface area contributed by atoms with Gasteiger partial charge in [0.25, 0.3) is 5.69 Å². The van der Waals surface area contributed by atoms with Gasteiger partial charge in [-0.05, 0) is 31.0 Å². The van der Waals surface area contributed by atoms with Crippen LogP contribution in [0.2, 0.25) is 0 Å². The van der Waals surface area contributed by atoms with Crippen LogP contribution in [0.5, 0.6) is 0 Å². The van der Waals surface area contributed by atoms with Crippen LogP contribution in [0.15, 0.2) is 54.2 Å². The molecule has 10 heteroatoms. The highest BCUT2D eigenvalue weighted by Gasteiger charge is 2.24. The van der Waals surface area contributed by atoms with E-state index in [0.29, 0.717) is 21.8 Å². The number of nitro groups is 1. The number of anilines is 1. The molecule has 0 aliphatic carbocycles. The van der Waals surface area contributed by atoms with Gasteiger partial charge in [-0.25, -0.2) is 9.78 Å². The number of benzene rings is 1. The van der Waals surface area contributed by atoms with Crippen molar-refractivity contribution in [1.82, 2.24) is 9.38 Å². The van der Waals surface area contributed by atoms with Crippen molar-refractivity contribution < 1.29 is 19.2 Å². The Morgan fingerprint density at radius 2 is 2.09 bits per heavy atom. The predicted molar refractivity (Wildman–Crippen MR) is 125 cm³/mol. The first-order valence-electron chi connectivity index (χ1n) is 10.1. The van der Waals surface area contributed by atoms with Gasteiger partial charge in [-0.2, -0.15) is 0 Å². The number of carbonyl (C=O) groups excluding carboxylic acids is 2. The predicted octanol–water partition coefficient (Wildman–Crippen LogP) is 4.64. The molecule has 0 bridgehead atoms. The van der Waals surface area contributed by atoms with Crippen LogP contribution < -0.4 is 5.32 Å². The van der Waals surface area contributed by atoms with Crippen LogP contribution in [0.1, 0.15) is 28.5 Å². The Kier molecular flexibility index (Phi) is 6.18. The molecule has 0 aliphatic heterocycles. The summed E-state index contributed by atoms with van der Waals surface area (Å²) in [5.74, 6) is -0.951. The fraction of sp³-hybridized carbons (Fsp3) is 0.174. The molecule has 1 N–H and O–H groups in total. The number of ether oxygens (including phenoxy) is 1. The molecule has 1 aromatic carbocycles. The molecule has 0 unspecified atom stereocenters. The Balaban J connectivity index is 1.63. The number of aryl methyl sites for hydroxylation is 1. The molecule has 4 rings (SSSR count). The number of nitrogens with zero attached hydrogens (tertiary/aromatic N) is 3. The molecule has 0 spiro atoms. The second kappa shape index (κ2) is 9.21. The maximum atomic E-state index is 12.8. The highest BCUT2D eigenvalue weighted by molar-refractivity contribution is 7.15. The lowest BCUT2D eigenvalue weighted by Gasteiger charge is -2.08. The Labute approximate surface area is 192 Å². The number of esters is 1. The van der Waals surface area contributed by atoms with Gasteiger partial charge in [0.05, 0.1) is 23.6 Å². The van der Waals surface area contributed by atoms with E-state index in [0.717, 1.165) is 22.5 Å². The molecule has 0 saturated carbocycles. The van der Waals surface area contributed by atoms with E-state index in [1.54, 1.807) is 30.6 Å². The zero-order chi connectivity index (χ0) is 23.5. The second-order valence-corrected chi connectivity index (χ2v) is 8.14. The van der Waals surface area contributed by atoms with Crippen LogP contribution >= 0.6 is 11.3 Å². The summed E-state index contributed by atoms with van der Waals surface area (Å²) in [5, 5.41) is 15.9. The van der Waals surface area contributed by atoms with E-state index in [4.69, 9.17) is 4.74 Å². The van der Waals surface area contributed by atoms with E-state index in [1.807, 2.05) is 29.7 Å². The monoisotopic (exact) mass is 464 g/mol. The molecule has 0 atom stereocenters. The van der Waals surface area contributed by atoms with Gasteiger partial charge in [-0.15, -0.1) is 11.3 Å². The number of thiophene rings is 1. The third kappa shape index (κ3) is 4.60. The molecule has 0 radical (unpaired) electrons. The Bertz CT molecular complexity index is 1370. The third-order valence-electron chi connectivity index (χ3n) is 4.96. The summed E-state index contributed by atoms with van der Waals surface area (Å²) < 4.78 is 7.04. The number of imidazole rings is 1. The fourth-order valence-electron chi connectivity index (χ4n) is 3.48. The summed E-state index contributed by atoms with van der Waals surface area (Å²) in [6, 6.07) is 9.82. The standard InChI is InChI=1S/C23H20N4O5S/c1-3-32-23(29)20-18(15-7-4-8-17(10-15)27(30)31)13-33-22(20)25-19(28)11-16-12-26-9-5-6-14(2)21(26)24-16/h4-10,12-13H,3,11H2,1-2H3,(H,25,28). The number of amides is 1. The second-order valence-electron chi connectivity index (χ2n) is 7.26. The summed E-state index contributed by atoms with van der Waals surface area (Å²) in [6.07, 6.45) is 3.67. The van der Waals surface area contributed by atoms with Gasteiger partial charge in [0.1, 0.15) is 16.2 Å². The van der Waals surface area contributed by atoms with E-state index in [-0.39, 0.29) is 30.2 Å². The largest absolute Gasteiger partial charge is 0.462 e. The van der Waals surface area contributed by atoms with E-state index < -0.39 is 10.9 Å². The summed E-state index contributed by atoms with van der Waals surface area (Å²) in [6.45, 7) is 3.77. The van der Waals surface area contributed by atoms with Gasteiger partial charge < -0.3 is 14.5 Å². The fourth-order valence-corrected chi connectivity index (χ4v) is 4.45. The molecule has 168 valence electrons. The number of pyridine rings is 1. The molecular weight excluding hydrogens is 444 g/mol. The SMILES string of the molecule is CCOC(=O)c1c(-c2cccc([N+](=O)[O-])c2)csc1NC(=O)Cc1cn2cccc(C)c2n1. The van der Waals surface area contributed by atoms with Gasteiger partial charge in [-0.3, -0.25) is 14.9 Å². The molecular formula is C23H20N4O5S. The normalized spacial score (nSPS) is 10.8. The highest BCUT2D eigenvalue weighted by atomic mass is 32.1. The quantitative estimate of drug-likeness (QED) is 0.242. The van der Waals surface area contributed by atoms with Crippen LogP contribution in [0, 0.1) is 17.0 Å². The first-order valence-corrected chi connectivity index (χ1v) is 11.0. The van der Waals surface area contributed by atoms with Crippen LogP contribution in [-0.2, 0) is 16.0 Å². The van der Waals surface area contributed by atoms with Crippen molar-refractivity contribution in [3.05, 3.63) is 81.1 Å². The highest BCUT2D eigenvalue weighted by Crippen LogP contribution is 2.37. The van der Waals surface area contributed by atoms with Gasteiger partial charge in [-0.1, -0.05) is 18.2 Å². The zero-order valence-electron chi connectivity index (χ0n) is 17.9. The smallest absolute Gasteiger partial charge is 0.341 e. The van der Waals surface area contributed by atoms with E-state index >= 15 is 0 Å². The maximum absolute atomic E-state index is 12.8. The van der Waals surface area contributed by atoms with Gasteiger partial charge in [0.2, 0.25) is 5.91 Å². The number of nitro benzene ring substituents is 1. The molecule has 33 heavy (non-hydrogen) atoms. The zero-order valence-corrected chi connectivity index (χ0v) is 18.7.